The second-order valence-electron chi connectivity index (χ2n) is 6.22. The molecule has 2 N–H and O–H groups in total. The van der Waals surface area contributed by atoms with E-state index in [0.29, 0.717) is 6.42 Å². The van der Waals surface area contributed by atoms with Crippen molar-refractivity contribution >= 4 is 11.9 Å². The fourth-order valence-electron chi connectivity index (χ4n) is 2.92. The SMILES string of the molecule is CCCC(C(=O)NCC(Cc1ccccc1)C(=O)O)c1ccccc1. The Morgan fingerprint density at radius 2 is 1.60 bits per heavy atom. The summed E-state index contributed by atoms with van der Waals surface area (Å²) in [6, 6.07) is 19.1. The lowest BCUT2D eigenvalue weighted by Gasteiger charge is -2.19. The van der Waals surface area contributed by atoms with E-state index in [2.05, 4.69) is 5.32 Å². The topological polar surface area (TPSA) is 66.4 Å². The van der Waals surface area contributed by atoms with Gasteiger partial charge in [0.2, 0.25) is 5.91 Å². The fourth-order valence-corrected chi connectivity index (χ4v) is 2.92. The van der Waals surface area contributed by atoms with Gasteiger partial charge in [0.1, 0.15) is 0 Å². The van der Waals surface area contributed by atoms with E-state index < -0.39 is 11.9 Å². The van der Waals surface area contributed by atoms with Gasteiger partial charge in [0.25, 0.3) is 0 Å². The molecule has 0 aromatic heterocycles. The Labute approximate surface area is 148 Å². The smallest absolute Gasteiger partial charge is 0.308 e. The molecule has 0 bridgehead atoms. The Morgan fingerprint density at radius 1 is 1.00 bits per heavy atom. The Kier molecular flexibility index (Phi) is 7.20. The molecule has 0 saturated heterocycles. The van der Waals surface area contributed by atoms with Crippen molar-refractivity contribution in [3.05, 3.63) is 71.8 Å². The highest BCUT2D eigenvalue weighted by molar-refractivity contribution is 5.84. The molecule has 1 amide bonds. The summed E-state index contributed by atoms with van der Waals surface area (Å²) >= 11 is 0. The number of aliphatic carboxylic acids is 1. The Hall–Kier alpha value is -2.62. The number of carboxylic acid groups (broad SMARTS) is 1. The molecule has 0 aliphatic rings. The van der Waals surface area contributed by atoms with Crippen LogP contribution >= 0.6 is 0 Å². The summed E-state index contributed by atoms with van der Waals surface area (Å²) in [5.41, 5.74) is 1.93. The van der Waals surface area contributed by atoms with Crippen LogP contribution in [0.5, 0.6) is 0 Å². The van der Waals surface area contributed by atoms with Crippen LogP contribution in [0, 0.1) is 5.92 Å². The predicted octanol–water partition coefficient (Wildman–Crippen LogP) is 3.63. The van der Waals surface area contributed by atoms with Crippen molar-refractivity contribution in [1.29, 1.82) is 0 Å². The van der Waals surface area contributed by atoms with Gasteiger partial charge in [-0.25, -0.2) is 0 Å². The lowest BCUT2D eigenvalue weighted by Crippen LogP contribution is -2.36. The molecular weight excluding hydrogens is 314 g/mol. The number of carbonyl (C=O) groups is 2. The zero-order chi connectivity index (χ0) is 18.1. The van der Waals surface area contributed by atoms with Gasteiger partial charge in [-0.05, 0) is 24.0 Å². The summed E-state index contributed by atoms with van der Waals surface area (Å²) in [7, 11) is 0. The van der Waals surface area contributed by atoms with E-state index in [-0.39, 0.29) is 18.4 Å². The third-order valence-corrected chi connectivity index (χ3v) is 4.29. The third-order valence-electron chi connectivity index (χ3n) is 4.29. The van der Waals surface area contributed by atoms with E-state index in [0.717, 1.165) is 24.0 Å². The molecule has 4 heteroatoms. The normalized spacial score (nSPS) is 13.0. The number of hydrogen-bond acceptors (Lipinski definition) is 2. The molecule has 0 spiro atoms. The highest BCUT2D eigenvalue weighted by atomic mass is 16.4. The number of hydrogen-bond donors (Lipinski definition) is 2. The van der Waals surface area contributed by atoms with E-state index >= 15 is 0 Å². The lowest BCUT2D eigenvalue weighted by atomic mass is 9.93. The maximum absolute atomic E-state index is 12.6. The Balaban J connectivity index is 2.00. The minimum absolute atomic E-state index is 0.104. The summed E-state index contributed by atoms with van der Waals surface area (Å²) < 4.78 is 0. The van der Waals surface area contributed by atoms with Gasteiger partial charge < -0.3 is 10.4 Å². The molecule has 25 heavy (non-hydrogen) atoms. The first-order valence-electron chi connectivity index (χ1n) is 8.71. The lowest BCUT2D eigenvalue weighted by molar-refractivity contribution is -0.141. The minimum atomic E-state index is -0.893. The first kappa shape index (κ1) is 18.7. The average molecular weight is 339 g/mol. The molecule has 2 unspecified atom stereocenters. The summed E-state index contributed by atoms with van der Waals surface area (Å²) in [4.78, 5) is 24.1. The van der Waals surface area contributed by atoms with Crippen LogP contribution in [-0.2, 0) is 16.0 Å². The second kappa shape index (κ2) is 9.62. The summed E-state index contributed by atoms with van der Waals surface area (Å²) in [5.74, 6) is -1.87. The maximum Gasteiger partial charge on any atom is 0.308 e. The van der Waals surface area contributed by atoms with Crippen LogP contribution in [-0.4, -0.2) is 23.5 Å². The number of amides is 1. The molecule has 2 atom stereocenters. The molecule has 132 valence electrons. The summed E-state index contributed by atoms with van der Waals surface area (Å²) in [6.07, 6.45) is 2.03. The van der Waals surface area contributed by atoms with Gasteiger partial charge in [0, 0.05) is 6.54 Å². The number of rotatable bonds is 9. The molecule has 0 aliphatic heterocycles. The van der Waals surface area contributed by atoms with Crippen molar-refractivity contribution in [3.63, 3.8) is 0 Å². The molecule has 2 rings (SSSR count). The second-order valence-corrected chi connectivity index (χ2v) is 6.22. The van der Waals surface area contributed by atoms with E-state index in [4.69, 9.17) is 0 Å². The van der Waals surface area contributed by atoms with Crippen LogP contribution in [0.3, 0.4) is 0 Å². The van der Waals surface area contributed by atoms with E-state index in [1.807, 2.05) is 67.6 Å². The number of nitrogens with one attached hydrogen (secondary N) is 1. The van der Waals surface area contributed by atoms with Crippen LogP contribution in [0.15, 0.2) is 60.7 Å². The number of carboxylic acids is 1. The molecule has 0 saturated carbocycles. The fraction of sp³-hybridized carbons (Fsp3) is 0.333. The van der Waals surface area contributed by atoms with Crippen LogP contribution in [0.1, 0.15) is 36.8 Å². The van der Waals surface area contributed by atoms with Crippen molar-refractivity contribution in [2.45, 2.75) is 32.1 Å². The Morgan fingerprint density at radius 3 is 2.16 bits per heavy atom. The largest absolute Gasteiger partial charge is 0.481 e. The summed E-state index contributed by atoms with van der Waals surface area (Å²) in [5, 5.41) is 12.3. The molecule has 2 aromatic carbocycles. The standard InChI is InChI=1S/C21H25NO3/c1-2-9-19(17-12-7-4-8-13-17)20(23)22-15-18(21(24)25)14-16-10-5-3-6-11-16/h3-8,10-13,18-19H,2,9,14-15H2,1H3,(H,22,23)(H,24,25). The van der Waals surface area contributed by atoms with Gasteiger partial charge in [0.15, 0.2) is 0 Å². The van der Waals surface area contributed by atoms with E-state index in [1.165, 1.54) is 0 Å². The molecule has 4 nitrogen and oxygen atoms in total. The highest BCUT2D eigenvalue weighted by Crippen LogP contribution is 2.21. The van der Waals surface area contributed by atoms with Gasteiger partial charge in [-0.2, -0.15) is 0 Å². The molecule has 0 fully saturated rings. The highest BCUT2D eigenvalue weighted by Gasteiger charge is 2.23. The Bertz CT molecular complexity index is 670. The summed E-state index contributed by atoms with van der Waals surface area (Å²) in [6.45, 7) is 2.18. The van der Waals surface area contributed by atoms with Gasteiger partial charge >= 0.3 is 5.97 Å². The molecule has 0 radical (unpaired) electrons. The average Bonchev–Trinajstić information content (AvgIpc) is 2.64. The number of benzene rings is 2. The van der Waals surface area contributed by atoms with Crippen molar-refractivity contribution in [2.75, 3.05) is 6.54 Å². The van der Waals surface area contributed by atoms with E-state index in [9.17, 15) is 14.7 Å². The van der Waals surface area contributed by atoms with E-state index in [1.54, 1.807) is 0 Å². The third kappa shape index (κ3) is 5.75. The van der Waals surface area contributed by atoms with Gasteiger partial charge in [-0.15, -0.1) is 0 Å². The van der Waals surface area contributed by atoms with Gasteiger partial charge in [0.05, 0.1) is 11.8 Å². The predicted molar refractivity (Wildman–Crippen MR) is 98.4 cm³/mol. The van der Waals surface area contributed by atoms with Crippen molar-refractivity contribution in [1.82, 2.24) is 5.32 Å². The molecule has 0 aliphatic carbocycles. The monoisotopic (exact) mass is 339 g/mol. The first-order chi connectivity index (χ1) is 12.1. The number of carbonyl (C=O) groups excluding carboxylic acids is 1. The van der Waals surface area contributed by atoms with Crippen molar-refractivity contribution < 1.29 is 14.7 Å². The van der Waals surface area contributed by atoms with Crippen LogP contribution in [0.2, 0.25) is 0 Å². The first-order valence-corrected chi connectivity index (χ1v) is 8.71. The molecular formula is C21H25NO3. The van der Waals surface area contributed by atoms with Crippen LogP contribution < -0.4 is 5.32 Å². The van der Waals surface area contributed by atoms with Gasteiger partial charge in [-0.1, -0.05) is 74.0 Å². The maximum atomic E-state index is 12.6. The van der Waals surface area contributed by atoms with Crippen LogP contribution in [0.4, 0.5) is 0 Å². The molecule has 2 aromatic rings. The quantitative estimate of drug-likeness (QED) is 0.733. The van der Waals surface area contributed by atoms with Crippen LogP contribution in [0.25, 0.3) is 0 Å². The minimum Gasteiger partial charge on any atom is -0.481 e. The van der Waals surface area contributed by atoms with Crippen molar-refractivity contribution in [2.24, 2.45) is 5.92 Å². The van der Waals surface area contributed by atoms with Crippen molar-refractivity contribution in [3.8, 4) is 0 Å². The zero-order valence-electron chi connectivity index (χ0n) is 14.5. The molecule has 0 heterocycles. The zero-order valence-corrected chi connectivity index (χ0v) is 14.5. The van der Waals surface area contributed by atoms with Gasteiger partial charge in [-0.3, -0.25) is 9.59 Å².